The summed E-state index contributed by atoms with van der Waals surface area (Å²) in [7, 11) is 0. The van der Waals surface area contributed by atoms with E-state index in [1.807, 2.05) is 0 Å². The Bertz CT molecular complexity index is 363. The fraction of sp³-hybridized carbons (Fsp3) is 0.500. The average molecular weight is 211 g/mol. The Morgan fingerprint density at radius 3 is 2.53 bits per heavy atom. The summed E-state index contributed by atoms with van der Waals surface area (Å²) in [5.41, 5.74) is 0.760. The van der Waals surface area contributed by atoms with E-state index in [9.17, 15) is 15.0 Å². The molecule has 82 valence electrons. The molecule has 1 aromatic rings. The van der Waals surface area contributed by atoms with Crippen LogP contribution in [0.5, 0.6) is 0 Å². The Morgan fingerprint density at radius 2 is 2.07 bits per heavy atom. The molecule has 2 atom stereocenters. The SMILES string of the molecule is Cc1ccoc1C(=O)N1C[C@@H](O)[C@@H](O)C1. The van der Waals surface area contributed by atoms with Gasteiger partial charge in [-0.05, 0) is 13.0 Å². The Kier molecular flexibility index (Phi) is 2.50. The van der Waals surface area contributed by atoms with Crippen LogP contribution in [0.3, 0.4) is 0 Å². The minimum absolute atomic E-state index is 0.153. The van der Waals surface area contributed by atoms with E-state index in [4.69, 9.17) is 4.42 Å². The number of furan rings is 1. The van der Waals surface area contributed by atoms with Crippen LogP contribution in [-0.2, 0) is 0 Å². The standard InChI is InChI=1S/C10H13NO4/c1-6-2-3-15-9(6)10(14)11-4-7(12)8(13)5-11/h2-3,7-8,12-13H,4-5H2,1H3/t7-,8+. The molecule has 1 fully saturated rings. The van der Waals surface area contributed by atoms with E-state index >= 15 is 0 Å². The van der Waals surface area contributed by atoms with Crippen molar-refractivity contribution in [1.29, 1.82) is 0 Å². The van der Waals surface area contributed by atoms with Crippen molar-refractivity contribution in [1.82, 2.24) is 4.90 Å². The molecule has 0 bridgehead atoms. The molecular formula is C10H13NO4. The van der Waals surface area contributed by atoms with Crippen LogP contribution in [0.1, 0.15) is 16.1 Å². The molecule has 0 radical (unpaired) electrons. The summed E-state index contributed by atoms with van der Waals surface area (Å²) >= 11 is 0. The molecule has 0 aliphatic carbocycles. The van der Waals surface area contributed by atoms with Gasteiger partial charge in [-0.3, -0.25) is 4.79 Å². The van der Waals surface area contributed by atoms with Gasteiger partial charge >= 0.3 is 0 Å². The molecule has 15 heavy (non-hydrogen) atoms. The zero-order valence-electron chi connectivity index (χ0n) is 8.38. The van der Waals surface area contributed by atoms with Crippen LogP contribution < -0.4 is 0 Å². The Balaban J connectivity index is 2.13. The Labute approximate surface area is 86.9 Å². The van der Waals surface area contributed by atoms with Gasteiger partial charge in [0.25, 0.3) is 5.91 Å². The molecule has 2 rings (SSSR count). The first-order valence-corrected chi connectivity index (χ1v) is 4.79. The monoisotopic (exact) mass is 211 g/mol. The number of nitrogens with zero attached hydrogens (tertiary/aromatic N) is 1. The van der Waals surface area contributed by atoms with Gasteiger partial charge in [0.05, 0.1) is 18.5 Å². The summed E-state index contributed by atoms with van der Waals surface area (Å²) in [5.74, 6) is -0.00981. The number of amides is 1. The van der Waals surface area contributed by atoms with Crippen molar-refractivity contribution < 1.29 is 19.4 Å². The van der Waals surface area contributed by atoms with Crippen molar-refractivity contribution >= 4 is 5.91 Å². The normalized spacial score (nSPS) is 25.9. The van der Waals surface area contributed by atoms with Crippen LogP contribution in [0.4, 0.5) is 0 Å². The molecule has 1 amide bonds. The van der Waals surface area contributed by atoms with Gasteiger partial charge in [0, 0.05) is 18.7 Å². The van der Waals surface area contributed by atoms with Crippen molar-refractivity contribution in [3.63, 3.8) is 0 Å². The lowest BCUT2D eigenvalue weighted by atomic mass is 10.2. The van der Waals surface area contributed by atoms with E-state index < -0.39 is 12.2 Å². The third-order valence-corrected chi connectivity index (χ3v) is 2.60. The Morgan fingerprint density at radius 1 is 1.47 bits per heavy atom. The maximum atomic E-state index is 11.8. The van der Waals surface area contributed by atoms with Crippen molar-refractivity contribution in [3.8, 4) is 0 Å². The summed E-state index contributed by atoms with van der Waals surface area (Å²) in [5, 5.41) is 18.6. The minimum Gasteiger partial charge on any atom is -0.459 e. The maximum absolute atomic E-state index is 11.8. The molecule has 5 nitrogen and oxygen atoms in total. The van der Waals surface area contributed by atoms with Gasteiger partial charge in [-0.15, -0.1) is 0 Å². The number of aliphatic hydroxyl groups excluding tert-OH is 2. The Hall–Kier alpha value is -1.33. The number of rotatable bonds is 1. The highest BCUT2D eigenvalue weighted by Gasteiger charge is 2.34. The van der Waals surface area contributed by atoms with Gasteiger partial charge < -0.3 is 19.5 Å². The molecule has 5 heteroatoms. The maximum Gasteiger partial charge on any atom is 0.290 e. The fourth-order valence-electron chi connectivity index (χ4n) is 1.67. The van der Waals surface area contributed by atoms with Gasteiger partial charge in [-0.2, -0.15) is 0 Å². The van der Waals surface area contributed by atoms with Crippen LogP contribution in [0.2, 0.25) is 0 Å². The highest BCUT2D eigenvalue weighted by Crippen LogP contribution is 2.17. The van der Waals surface area contributed by atoms with E-state index in [1.54, 1.807) is 13.0 Å². The summed E-state index contributed by atoms with van der Waals surface area (Å²) < 4.78 is 5.05. The minimum atomic E-state index is -0.857. The number of hydrogen-bond donors (Lipinski definition) is 2. The second-order valence-corrected chi connectivity index (χ2v) is 3.78. The van der Waals surface area contributed by atoms with Crippen molar-refractivity contribution in [3.05, 3.63) is 23.7 Å². The van der Waals surface area contributed by atoms with E-state index in [1.165, 1.54) is 11.2 Å². The molecule has 1 aliphatic heterocycles. The summed E-state index contributed by atoms with van der Waals surface area (Å²) in [6, 6.07) is 1.70. The highest BCUT2D eigenvalue weighted by atomic mass is 16.3. The van der Waals surface area contributed by atoms with Gasteiger partial charge in [0.1, 0.15) is 0 Å². The molecule has 1 saturated heterocycles. The predicted molar refractivity (Wildman–Crippen MR) is 51.4 cm³/mol. The number of likely N-dealkylation sites (tertiary alicyclic amines) is 1. The molecule has 0 saturated carbocycles. The van der Waals surface area contributed by atoms with Crippen LogP contribution in [0, 0.1) is 6.92 Å². The number of carbonyl (C=O) groups excluding carboxylic acids is 1. The first kappa shape index (κ1) is 10.2. The van der Waals surface area contributed by atoms with Gasteiger partial charge in [-0.1, -0.05) is 0 Å². The lowest BCUT2D eigenvalue weighted by Gasteiger charge is -2.13. The van der Waals surface area contributed by atoms with Crippen molar-refractivity contribution in [2.24, 2.45) is 0 Å². The smallest absolute Gasteiger partial charge is 0.290 e. The quantitative estimate of drug-likeness (QED) is 0.672. The largest absolute Gasteiger partial charge is 0.459 e. The second-order valence-electron chi connectivity index (χ2n) is 3.78. The van der Waals surface area contributed by atoms with E-state index in [2.05, 4.69) is 0 Å². The number of aliphatic hydroxyl groups is 2. The summed E-state index contributed by atoms with van der Waals surface area (Å²) in [6.07, 6.45) is -0.265. The third-order valence-electron chi connectivity index (χ3n) is 2.60. The molecular weight excluding hydrogens is 198 g/mol. The van der Waals surface area contributed by atoms with Crippen LogP contribution in [0.15, 0.2) is 16.7 Å². The molecule has 0 spiro atoms. The number of carbonyl (C=O) groups is 1. The molecule has 1 aromatic heterocycles. The predicted octanol–water partition coefficient (Wildman–Crippen LogP) is -0.234. The van der Waals surface area contributed by atoms with Crippen LogP contribution in [-0.4, -0.2) is 46.3 Å². The lowest BCUT2D eigenvalue weighted by molar-refractivity contribution is 0.0572. The topological polar surface area (TPSA) is 73.9 Å². The average Bonchev–Trinajstić information content (AvgIpc) is 2.74. The molecule has 0 unspecified atom stereocenters. The van der Waals surface area contributed by atoms with Crippen molar-refractivity contribution in [2.75, 3.05) is 13.1 Å². The summed E-state index contributed by atoms with van der Waals surface area (Å²) in [4.78, 5) is 13.2. The van der Waals surface area contributed by atoms with E-state index in [0.717, 1.165) is 5.56 Å². The molecule has 1 aliphatic rings. The van der Waals surface area contributed by atoms with Gasteiger partial charge in [-0.25, -0.2) is 0 Å². The van der Waals surface area contributed by atoms with E-state index in [-0.39, 0.29) is 24.8 Å². The zero-order chi connectivity index (χ0) is 11.0. The zero-order valence-corrected chi connectivity index (χ0v) is 8.38. The number of aryl methyl sites for hydroxylation is 1. The highest BCUT2D eigenvalue weighted by molar-refractivity contribution is 5.93. The first-order valence-electron chi connectivity index (χ1n) is 4.79. The number of β-amino-alcohol motifs (C(OH)–C–C–N with tert-alkyl or cyclic N) is 2. The van der Waals surface area contributed by atoms with Crippen molar-refractivity contribution in [2.45, 2.75) is 19.1 Å². The molecule has 2 N–H and O–H groups in total. The van der Waals surface area contributed by atoms with Gasteiger partial charge in [0.2, 0.25) is 0 Å². The number of hydrogen-bond acceptors (Lipinski definition) is 4. The first-order chi connectivity index (χ1) is 7.09. The van der Waals surface area contributed by atoms with Crippen LogP contribution in [0.25, 0.3) is 0 Å². The third kappa shape index (κ3) is 1.75. The summed E-state index contributed by atoms with van der Waals surface area (Å²) in [6.45, 7) is 2.08. The van der Waals surface area contributed by atoms with Gasteiger partial charge in [0.15, 0.2) is 5.76 Å². The van der Waals surface area contributed by atoms with E-state index in [0.29, 0.717) is 0 Å². The molecule has 0 aromatic carbocycles. The lowest BCUT2D eigenvalue weighted by Crippen LogP contribution is -2.29. The molecule has 2 heterocycles. The fourth-order valence-corrected chi connectivity index (χ4v) is 1.67. The van der Waals surface area contributed by atoms with Crippen LogP contribution >= 0.6 is 0 Å². The second kappa shape index (κ2) is 3.67.